The van der Waals surface area contributed by atoms with Crippen LogP contribution in [0.2, 0.25) is 0 Å². The molecule has 1 aromatic rings. The summed E-state index contributed by atoms with van der Waals surface area (Å²) in [5, 5.41) is 0. The molecule has 0 N–H and O–H groups in total. The van der Waals surface area contributed by atoms with Crippen molar-refractivity contribution in [1.29, 1.82) is 0 Å². The summed E-state index contributed by atoms with van der Waals surface area (Å²) >= 11 is 0. The van der Waals surface area contributed by atoms with E-state index in [9.17, 15) is 4.79 Å². The molecule has 0 aromatic heterocycles. The van der Waals surface area contributed by atoms with Gasteiger partial charge in [-0.25, -0.2) is 0 Å². The highest BCUT2D eigenvalue weighted by Gasteiger charge is 2.03. The molecule has 1 aromatic carbocycles. The van der Waals surface area contributed by atoms with Crippen LogP contribution in [0.3, 0.4) is 0 Å². The minimum absolute atomic E-state index is 0.462. The van der Waals surface area contributed by atoms with E-state index in [1.54, 1.807) is 18.2 Å². The number of hydrogen-bond donors (Lipinski definition) is 0. The molecule has 0 bridgehead atoms. The molecule has 0 aliphatic heterocycles. The Morgan fingerprint density at radius 2 is 2.27 bits per heavy atom. The molecule has 15 heavy (non-hydrogen) atoms. The number of ether oxygens (including phenoxy) is 2. The molecule has 0 radical (unpaired) electrons. The van der Waals surface area contributed by atoms with Gasteiger partial charge < -0.3 is 9.47 Å². The van der Waals surface area contributed by atoms with Crippen LogP contribution < -0.4 is 9.47 Å². The monoisotopic (exact) mass is 206 g/mol. The van der Waals surface area contributed by atoms with Crippen LogP contribution in [0.5, 0.6) is 11.5 Å². The first-order valence-corrected chi connectivity index (χ1v) is 4.57. The van der Waals surface area contributed by atoms with Crippen molar-refractivity contribution in [2.45, 2.75) is 6.92 Å². The largest absolute Gasteiger partial charge is 0.496 e. The van der Waals surface area contributed by atoms with Gasteiger partial charge in [-0.15, -0.1) is 0 Å². The van der Waals surface area contributed by atoms with E-state index in [1.165, 1.54) is 7.11 Å². The zero-order chi connectivity index (χ0) is 11.3. The van der Waals surface area contributed by atoms with Crippen molar-refractivity contribution >= 4 is 6.29 Å². The Morgan fingerprint density at radius 1 is 1.53 bits per heavy atom. The lowest BCUT2D eigenvalue weighted by Crippen LogP contribution is -1.98. The first-order valence-electron chi connectivity index (χ1n) is 4.57. The van der Waals surface area contributed by atoms with Crippen LogP contribution in [-0.2, 0) is 0 Å². The topological polar surface area (TPSA) is 35.5 Å². The smallest absolute Gasteiger partial charge is 0.153 e. The summed E-state index contributed by atoms with van der Waals surface area (Å²) in [6, 6.07) is 5.08. The Kier molecular flexibility index (Phi) is 3.92. The van der Waals surface area contributed by atoms with Gasteiger partial charge in [0.25, 0.3) is 0 Å². The Bertz CT molecular complexity index is 369. The highest BCUT2D eigenvalue weighted by molar-refractivity contribution is 5.79. The van der Waals surface area contributed by atoms with Crippen molar-refractivity contribution in [3.05, 3.63) is 35.9 Å². The van der Waals surface area contributed by atoms with E-state index in [1.807, 2.05) is 6.92 Å². The van der Waals surface area contributed by atoms with E-state index in [0.717, 1.165) is 11.9 Å². The standard InChI is InChI=1S/C12H14O3/c1-9(2)8-15-11-5-4-10(7-13)12(6-11)14-3/h4-7H,1,8H2,2-3H3. The van der Waals surface area contributed by atoms with Crippen LogP contribution in [0, 0.1) is 0 Å². The Labute approximate surface area is 89.3 Å². The number of carbonyl (C=O) groups excluding carboxylic acids is 1. The van der Waals surface area contributed by atoms with E-state index >= 15 is 0 Å². The molecule has 0 atom stereocenters. The average molecular weight is 206 g/mol. The van der Waals surface area contributed by atoms with E-state index in [-0.39, 0.29) is 0 Å². The van der Waals surface area contributed by atoms with E-state index in [4.69, 9.17) is 9.47 Å². The highest BCUT2D eigenvalue weighted by Crippen LogP contribution is 2.23. The predicted octanol–water partition coefficient (Wildman–Crippen LogP) is 2.46. The first kappa shape index (κ1) is 11.3. The van der Waals surface area contributed by atoms with Crippen LogP contribution >= 0.6 is 0 Å². The number of hydrogen-bond acceptors (Lipinski definition) is 3. The SMILES string of the molecule is C=C(C)COc1ccc(C=O)c(OC)c1. The van der Waals surface area contributed by atoms with Crippen molar-refractivity contribution < 1.29 is 14.3 Å². The van der Waals surface area contributed by atoms with Crippen molar-refractivity contribution in [3.8, 4) is 11.5 Å². The molecule has 0 fully saturated rings. The molecular weight excluding hydrogens is 192 g/mol. The number of carbonyl (C=O) groups is 1. The van der Waals surface area contributed by atoms with Crippen LogP contribution in [0.1, 0.15) is 17.3 Å². The zero-order valence-electron chi connectivity index (χ0n) is 8.95. The van der Waals surface area contributed by atoms with Crippen LogP contribution in [-0.4, -0.2) is 20.0 Å². The molecule has 3 nitrogen and oxygen atoms in total. The second-order valence-electron chi connectivity index (χ2n) is 3.27. The predicted molar refractivity (Wildman–Crippen MR) is 58.7 cm³/mol. The van der Waals surface area contributed by atoms with Gasteiger partial charge in [0.15, 0.2) is 6.29 Å². The van der Waals surface area contributed by atoms with Crippen molar-refractivity contribution in [1.82, 2.24) is 0 Å². The Hall–Kier alpha value is -1.77. The third-order valence-corrected chi connectivity index (χ3v) is 1.82. The molecule has 0 saturated carbocycles. The molecule has 0 saturated heterocycles. The van der Waals surface area contributed by atoms with Gasteiger partial charge in [0.1, 0.15) is 18.1 Å². The van der Waals surface area contributed by atoms with Gasteiger partial charge in [0, 0.05) is 6.07 Å². The van der Waals surface area contributed by atoms with E-state index in [0.29, 0.717) is 23.7 Å². The van der Waals surface area contributed by atoms with Gasteiger partial charge in [-0.3, -0.25) is 4.79 Å². The van der Waals surface area contributed by atoms with Gasteiger partial charge in [-0.05, 0) is 24.6 Å². The molecule has 1 rings (SSSR count). The molecular formula is C12H14O3. The summed E-state index contributed by atoms with van der Waals surface area (Å²) in [5.74, 6) is 1.18. The maximum atomic E-state index is 10.6. The maximum absolute atomic E-state index is 10.6. The molecule has 0 aliphatic rings. The molecule has 0 heterocycles. The second-order valence-corrected chi connectivity index (χ2v) is 3.27. The molecule has 0 aliphatic carbocycles. The Balaban J connectivity index is 2.83. The zero-order valence-corrected chi connectivity index (χ0v) is 8.95. The summed E-state index contributed by atoms with van der Waals surface area (Å²) in [6.07, 6.45) is 0.751. The normalized spacial score (nSPS) is 9.47. The van der Waals surface area contributed by atoms with Crippen LogP contribution in [0.15, 0.2) is 30.4 Å². The van der Waals surface area contributed by atoms with Crippen molar-refractivity contribution in [2.75, 3.05) is 13.7 Å². The number of aldehydes is 1. The fourth-order valence-corrected chi connectivity index (χ4v) is 1.09. The number of rotatable bonds is 5. The van der Waals surface area contributed by atoms with Gasteiger partial charge in [-0.1, -0.05) is 6.58 Å². The van der Waals surface area contributed by atoms with Gasteiger partial charge >= 0.3 is 0 Å². The van der Waals surface area contributed by atoms with E-state index in [2.05, 4.69) is 6.58 Å². The maximum Gasteiger partial charge on any atom is 0.153 e. The third-order valence-electron chi connectivity index (χ3n) is 1.82. The lowest BCUT2D eigenvalue weighted by atomic mass is 10.2. The fourth-order valence-electron chi connectivity index (χ4n) is 1.09. The van der Waals surface area contributed by atoms with E-state index < -0.39 is 0 Å². The summed E-state index contributed by atoms with van der Waals surface area (Å²) in [6.45, 7) is 6.08. The summed E-state index contributed by atoms with van der Waals surface area (Å²) < 4.78 is 10.5. The molecule has 0 unspecified atom stereocenters. The Morgan fingerprint density at radius 3 is 2.80 bits per heavy atom. The molecule has 80 valence electrons. The fraction of sp³-hybridized carbons (Fsp3) is 0.250. The van der Waals surface area contributed by atoms with Crippen molar-refractivity contribution in [3.63, 3.8) is 0 Å². The summed E-state index contributed by atoms with van der Waals surface area (Å²) in [7, 11) is 1.52. The van der Waals surface area contributed by atoms with Gasteiger partial charge in [-0.2, -0.15) is 0 Å². The molecule has 3 heteroatoms. The van der Waals surface area contributed by atoms with Crippen LogP contribution in [0.25, 0.3) is 0 Å². The first-order chi connectivity index (χ1) is 7.17. The average Bonchev–Trinajstić information content (AvgIpc) is 2.25. The van der Waals surface area contributed by atoms with Gasteiger partial charge in [0.05, 0.1) is 12.7 Å². The highest BCUT2D eigenvalue weighted by atomic mass is 16.5. The molecule has 0 spiro atoms. The van der Waals surface area contributed by atoms with Crippen LogP contribution in [0.4, 0.5) is 0 Å². The lowest BCUT2D eigenvalue weighted by Gasteiger charge is -2.08. The quantitative estimate of drug-likeness (QED) is 0.548. The van der Waals surface area contributed by atoms with Crippen molar-refractivity contribution in [2.24, 2.45) is 0 Å². The van der Waals surface area contributed by atoms with Gasteiger partial charge in [0.2, 0.25) is 0 Å². The minimum Gasteiger partial charge on any atom is -0.496 e. The second kappa shape index (κ2) is 5.20. The summed E-state index contributed by atoms with van der Waals surface area (Å²) in [4.78, 5) is 10.6. The number of benzene rings is 1. The minimum atomic E-state index is 0.462. The summed E-state index contributed by atoms with van der Waals surface area (Å²) in [5.41, 5.74) is 1.45. The molecule has 0 amide bonds. The lowest BCUT2D eigenvalue weighted by molar-refractivity contribution is 0.112. The number of methoxy groups -OCH3 is 1. The third kappa shape index (κ3) is 3.13.